The summed E-state index contributed by atoms with van der Waals surface area (Å²) >= 11 is 0. The minimum atomic E-state index is -3.87. The summed E-state index contributed by atoms with van der Waals surface area (Å²) in [6.07, 6.45) is 1.30. The van der Waals surface area contributed by atoms with Gasteiger partial charge in [-0.3, -0.25) is 13.9 Å². The van der Waals surface area contributed by atoms with E-state index in [4.69, 9.17) is 4.74 Å². The lowest BCUT2D eigenvalue weighted by molar-refractivity contribution is -0.140. The molecule has 2 amide bonds. The highest BCUT2D eigenvalue weighted by Crippen LogP contribution is 2.21. The zero-order chi connectivity index (χ0) is 26.2. The van der Waals surface area contributed by atoms with E-state index in [1.165, 1.54) is 24.1 Å². The van der Waals surface area contributed by atoms with Crippen molar-refractivity contribution in [2.75, 3.05) is 30.8 Å². The van der Waals surface area contributed by atoms with Crippen molar-refractivity contribution >= 4 is 27.5 Å². The summed E-state index contributed by atoms with van der Waals surface area (Å²) in [5.41, 5.74) is 0.876. The third-order valence-corrected chi connectivity index (χ3v) is 6.49. The number of sulfonamides is 1. The van der Waals surface area contributed by atoms with Crippen LogP contribution in [-0.2, 0) is 26.2 Å². The van der Waals surface area contributed by atoms with Gasteiger partial charge >= 0.3 is 0 Å². The molecule has 2 aromatic carbocycles. The van der Waals surface area contributed by atoms with E-state index in [9.17, 15) is 22.4 Å². The number of benzene rings is 2. The van der Waals surface area contributed by atoms with Gasteiger partial charge in [-0.25, -0.2) is 12.8 Å². The highest BCUT2D eigenvalue weighted by molar-refractivity contribution is 7.92. The average molecular weight is 508 g/mol. The Morgan fingerprint density at radius 3 is 2.31 bits per heavy atom. The van der Waals surface area contributed by atoms with Gasteiger partial charge < -0.3 is 15.0 Å². The molecule has 0 fully saturated rings. The molecule has 0 aromatic heterocycles. The van der Waals surface area contributed by atoms with Gasteiger partial charge in [0.15, 0.2) is 0 Å². The highest BCUT2D eigenvalue weighted by Gasteiger charge is 2.31. The molecule has 0 spiro atoms. The number of nitrogens with one attached hydrogen (secondary N) is 1. The van der Waals surface area contributed by atoms with E-state index >= 15 is 0 Å². The predicted octanol–water partition coefficient (Wildman–Crippen LogP) is 3.18. The van der Waals surface area contributed by atoms with Gasteiger partial charge in [0.05, 0.1) is 19.1 Å². The number of amides is 2. The summed E-state index contributed by atoms with van der Waals surface area (Å²) in [4.78, 5) is 28.0. The fourth-order valence-corrected chi connectivity index (χ4v) is 4.38. The van der Waals surface area contributed by atoms with Gasteiger partial charge in [-0.2, -0.15) is 0 Å². The lowest BCUT2D eigenvalue weighted by Gasteiger charge is -2.33. The van der Waals surface area contributed by atoms with Crippen molar-refractivity contribution in [2.24, 2.45) is 5.92 Å². The molecule has 2 rings (SSSR count). The normalized spacial score (nSPS) is 12.2. The first-order chi connectivity index (χ1) is 16.5. The van der Waals surface area contributed by atoms with Crippen molar-refractivity contribution in [3.8, 4) is 5.75 Å². The number of anilines is 1. The number of methoxy groups -OCH3 is 1. The fourth-order valence-electron chi connectivity index (χ4n) is 3.53. The van der Waals surface area contributed by atoms with Gasteiger partial charge in [0, 0.05) is 13.1 Å². The van der Waals surface area contributed by atoms with Crippen LogP contribution in [0.25, 0.3) is 0 Å². The number of carbonyl (C=O) groups is 2. The summed E-state index contributed by atoms with van der Waals surface area (Å²) in [6, 6.07) is 11.1. The molecular weight excluding hydrogens is 473 g/mol. The van der Waals surface area contributed by atoms with Gasteiger partial charge in [0.1, 0.15) is 24.2 Å². The number of rotatable bonds is 12. The van der Waals surface area contributed by atoms with E-state index < -0.39 is 34.3 Å². The van der Waals surface area contributed by atoms with Gasteiger partial charge in [-0.15, -0.1) is 0 Å². The number of ether oxygens (including phenoxy) is 1. The Labute approximate surface area is 207 Å². The highest BCUT2D eigenvalue weighted by atomic mass is 32.2. The fraction of sp³-hybridized carbons (Fsp3) is 0.440. The lowest BCUT2D eigenvalue weighted by Crippen LogP contribution is -2.52. The van der Waals surface area contributed by atoms with Gasteiger partial charge in [0.25, 0.3) is 0 Å². The Morgan fingerprint density at radius 1 is 1.11 bits per heavy atom. The van der Waals surface area contributed by atoms with Crippen molar-refractivity contribution in [3.05, 3.63) is 59.9 Å². The van der Waals surface area contributed by atoms with E-state index in [1.807, 2.05) is 13.8 Å². The molecule has 0 aliphatic heterocycles. The number of nitrogens with zero attached hydrogens (tertiary/aromatic N) is 2. The molecule has 0 heterocycles. The lowest BCUT2D eigenvalue weighted by atomic mass is 10.1. The summed E-state index contributed by atoms with van der Waals surface area (Å²) in [5.74, 6) is -0.588. The van der Waals surface area contributed by atoms with Gasteiger partial charge in [-0.05, 0) is 54.3 Å². The van der Waals surface area contributed by atoms with E-state index in [0.29, 0.717) is 18.7 Å². The van der Waals surface area contributed by atoms with E-state index in [1.54, 1.807) is 31.2 Å². The largest absolute Gasteiger partial charge is 0.497 e. The monoisotopic (exact) mass is 507 g/mol. The molecular formula is C25H34FN3O5S. The van der Waals surface area contributed by atoms with Crippen molar-refractivity contribution < 1.29 is 27.1 Å². The van der Waals surface area contributed by atoms with E-state index in [2.05, 4.69) is 5.32 Å². The van der Waals surface area contributed by atoms with Crippen LogP contribution >= 0.6 is 0 Å². The molecule has 0 saturated carbocycles. The first-order valence-corrected chi connectivity index (χ1v) is 13.2. The second kappa shape index (κ2) is 12.5. The van der Waals surface area contributed by atoms with Crippen LogP contribution in [-0.4, -0.2) is 57.6 Å². The van der Waals surface area contributed by atoms with Crippen LogP contribution < -0.4 is 14.4 Å². The maximum Gasteiger partial charge on any atom is 0.244 e. The van der Waals surface area contributed by atoms with Gasteiger partial charge in [0.2, 0.25) is 21.8 Å². The zero-order valence-corrected chi connectivity index (χ0v) is 21.6. The molecule has 1 N–H and O–H groups in total. The van der Waals surface area contributed by atoms with Crippen molar-refractivity contribution in [1.29, 1.82) is 0 Å². The van der Waals surface area contributed by atoms with Crippen molar-refractivity contribution in [3.63, 3.8) is 0 Å². The Balaban J connectivity index is 2.42. The minimum absolute atomic E-state index is 0.0741. The Kier molecular flexibility index (Phi) is 10.1. The maximum absolute atomic E-state index is 13.6. The second-order valence-corrected chi connectivity index (χ2v) is 10.6. The van der Waals surface area contributed by atoms with Crippen LogP contribution in [0.3, 0.4) is 0 Å². The maximum atomic E-state index is 13.6. The van der Waals surface area contributed by atoms with Gasteiger partial charge in [-0.1, -0.05) is 32.9 Å². The summed E-state index contributed by atoms with van der Waals surface area (Å²) in [7, 11) is -2.34. The van der Waals surface area contributed by atoms with Crippen LogP contribution in [0.4, 0.5) is 10.1 Å². The smallest absolute Gasteiger partial charge is 0.244 e. The Hall–Kier alpha value is -3.14. The summed E-state index contributed by atoms with van der Waals surface area (Å²) in [6.45, 7) is 5.70. The molecule has 10 heteroatoms. The molecule has 1 atom stereocenters. The molecule has 35 heavy (non-hydrogen) atoms. The molecule has 8 nitrogen and oxygen atoms in total. The van der Waals surface area contributed by atoms with E-state index in [-0.39, 0.29) is 24.1 Å². The molecule has 0 bridgehead atoms. The molecule has 0 saturated heterocycles. The molecule has 0 radical (unpaired) electrons. The molecule has 0 aliphatic rings. The van der Waals surface area contributed by atoms with Crippen molar-refractivity contribution in [1.82, 2.24) is 10.2 Å². The minimum Gasteiger partial charge on any atom is -0.497 e. The number of carbonyl (C=O) groups excluding carboxylic acids is 2. The Morgan fingerprint density at radius 2 is 1.77 bits per heavy atom. The quantitative estimate of drug-likeness (QED) is 0.476. The molecule has 2 aromatic rings. The Bertz CT molecular complexity index is 1110. The first kappa shape index (κ1) is 28.1. The SMILES string of the molecule is CC[C@H](C(=O)NCC(C)C)N(Cc1cccc(OC)c1)C(=O)CN(c1ccc(F)cc1)S(C)(=O)=O. The summed E-state index contributed by atoms with van der Waals surface area (Å²) < 4.78 is 44.7. The molecule has 0 aliphatic carbocycles. The van der Waals surface area contributed by atoms with Crippen LogP contribution in [0, 0.1) is 11.7 Å². The van der Waals surface area contributed by atoms with E-state index in [0.717, 1.165) is 28.3 Å². The predicted molar refractivity (Wildman–Crippen MR) is 134 cm³/mol. The number of hydrogen-bond donors (Lipinski definition) is 1. The average Bonchev–Trinajstić information content (AvgIpc) is 2.81. The van der Waals surface area contributed by atoms with Crippen molar-refractivity contribution in [2.45, 2.75) is 39.8 Å². The second-order valence-electron chi connectivity index (χ2n) is 8.68. The first-order valence-electron chi connectivity index (χ1n) is 11.4. The summed E-state index contributed by atoms with van der Waals surface area (Å²) in [5, 5.41) is 2.87. The number of halogens is 1. The van der Waals surface area contributed by atoms with Crippen LogP contribution in [0.1, 0.15) is 32.8 Å². The molecule has 0 unspecified atom stereocenters. The standard InChI is InChI=1S/C25H34FN3O5S/c1-6-23(25(31)27-15-18(2)3)28(16-19-8-7-9-22(14-19)34-4)24(30)17-29(35(5,32)33)21-12-10-20(26)11-13-21/h7-14,18,23H,6,15-17H2,1-5H3,(H,27,31)/t23-/m1/s1. The van der Waals surface area contributed by atoms with Crippen LogP contribution in [0.5, 0.6) is 5.75 Å². The third-order valence-electron chi connectivity index (χ3n) is 5.35. The topological polar surface area (TPSA) is 96.0 Å². The number of hydrogen-bond acceptors (Lipinski definition) is 5. The van der Waals surface area contributed by atoms with Crippen LogP contribution in [0.2, 0.25) is 0 Å². The zero-order valence-electron chi connectivity index (χ0n) is 20.8. The third kappa shape index (κ3) is 8.24. The van der Waals surface area contributed by atoms with Crippen LogP contribution in [0.15, 0.2) is 48.5 Å². The molecule has 192 valence electrons.